The Balaban J connectivity index is 1.44. The van der Waals surface area contributed by atoms with Crippen LogP contribution in [0, 0.1) is 0 Å². The first kappa shape index (κ1) is 34.4. The first-order chi connectivity index (χ1) is 19.6. The maximum absolute atomic E-state index is 13.2. The van der Waals surface area contributed by atoms with Gasteiger partial charge in [-0.05, 0) is 31.4 Å². The minimum Gasteiger partial charge on any atom is -0.339 e. The lowest BCUT2D eigenvalue weighted by atomic mass is 9.94. The molecule has 0 heterocycles. The number of carbonyl (C=O) groups is 2. The molecule has 4 heteroatoms. The fourth-order valence-electron chi connectivity index (χ4n) is 6.18. The van der Waals surface area contributed by atoms with Crippen molar-refractivity contribution in [1.82, 2.24) is 4.90 Å². The molecular weight excluding hydrogens is 492 g/mol. The molecule has 2 rings (SSSR count). The van der Waals surface area contributed by atoms with Gasteiger partial charge >= 0.3 is 0 Å². The molecule has 1 aliphatic rings. The second kappa shape index (κ2) is 22.8. The van der Waals surface area contributed by atoms with E-state index < -0.39 is 0 Å². The van der Waals surface area contributed by atoms with Crippen LogP contribution in [-0.4, -0.2) is 29.8 Å². The number of hydrogen-bond acceptors (Lipinski definition) is 2. The van der Waals surface area contributed by atoms with Gasteiger partial charge in [-0.1, -0.05) is 154 Å². The molecule has 1 fully saturated rings. The van der Waals surface area contributed by atoms with Crippen LogP contribution in [0.25, 0.3) is 0 Å². The molecule has 0 aromatic heterocycles. The summed E-state index contributed by atoms with van der Waals surface area (Å²) in [6.45, 7) is 2.29. The van der Waals surface area contributed by atoms with Gasteiger partial charge < -0.3 is 10.2 Å². The van der Waals surface area contributed by atoms with Crippen molar-refractivity contribution in [3.8, 4) is 0 Å². The van der Waals surface area contributed by atoms with Crippen LogP contribution in [-0.2, 0) is 4.79 Å². The minimum absolute atomic E-state index is 0.0197. The summed E-state index contributed by atoms with van der Waals surface area (Å²) in [6.07, 6.45) is 32.0. The zero-order valence-electron chi connectivity index (χ0n) is 26.3. The molecule has 2 amide bonds. The fraction of sp³-hybridized carbons (Fsp3) is 0.778. The topological polar surface area (TPSA) is 49.4 Å². The summed E-state index contributed by atoms with van der Waals surface area (Å²) in [6, 6.07) is 7.79. The number of benzene rings is 1. The van der Waals surface area contributed by atoms with Crippen LogP contribution in [0.5, 0.6) is 0 Å². The van der Waals surface area contributed by atoms with E-state index in [0.29, 0.717) is 23.7 Å². The number of rotatable bonds is 23. The van der Waals surface area contributed by atoms with Gasteiger partial charge in [0.25, 0.3) is 5.91 Å². The van der Waals surface area contributed by atoms with Crippen molar-refractivity contribution < 1.29 is 9.59 Å². The Morgan fingerprint density at radius 2 is 1.12 bits per heavy atom. The Morgan fingerprint density at radius 3 is 1.62 bits per heavy atom. The van der Waals surface area contributed by atoms with Crippen molar-refractivity contribution >= 4 is 17.5 Å². The highest BCUT2D eigenvalue weighted by Gasteiger charge is 2.24. The first-order valence-corrected chi connectivity index (χ1v) is 17.3. The number of hydrogen-bond donors (Lipinski definition) is 1. The summed E-state index contributed by atoms with van der Waals surface area (Å²) in [5.41, 5.74) is 1.26. The van der Waals surface area contributed by atoms with Crippen molar-refractivity contribution in [3.63, 3.8) is 0 Å². The molecule has 1 aromatic carbocycles. The van der Waals surface area contributed by atoms with Gasteiger partial charge in [0, 0.05) is 19.5 Å². The molecular formula is C36H62N2O2. The van der Waals surface area contributed by atoms with Crippen LogP contribution in [0.15, 0.2) is 24.3 Å². The van der Waals surface area contributed by atoms with E-state index in [0.717, 1.165) is 25.7 Å². The highest BCUT2D eigenvalue weighted by atomic mass is 16.2. The number of para-hydroxylation sites is 1. The lowest BCUT2D eigenvalue weighted by molar-refractivity contribution is -0.116. The van der Waals surface area contributed by atoms with Gasteiger partial charge in [-0.15, -0.1) is 0 Å². The van der Waals surface area contributed by atoms with E-state index in [1.165, 1.54) is 128 Å². The van der Waals surface area contributed by atoms with E-state index in [9.17, 15) is 9.59 Å². The minimum atomic E-state index is 0.0197. The van der Waals surface area contributed by atoms with Gasteiger partial charge in [0.05, 0.1) is 11.3 Å². The second-order valence-electron chi connectivity index (χ2n) is 12.4. The summed E-state index contributed by atoms with van der Waals surface area (Å²) >= 11 is 0. The summed E-state index contributed by atoms with van der Waals surface area (Å²) in [4.78, 5) is 27.7. The quantitative estimate of drug-likeness (QED) is 0.137. The lowest BCUT2D eigenvalue weighted by Crippen LogP contribution is -2.38. The predicted molar refractivity (Wildman–Crippen MR) is 172 cm³/mol. The third-order valence-electron chi connectivity index (χ3n) is 8.88. The van der Waals surface area contributed by atoms with Crippen LogP contribution < -0.4 is 5.32 Å². The second-order valence-corrected chi connectivity index (χ2v) is 12.4. The third-order valence-corrected chi connectivity index (χ3v) is 8.88. The van der Waals surface area contributed by atoms with E-state index in [1.807, 2.05) is 36.2 Å². The molecule has 1 N–H and O–H groups in total. The number of unbranched alkanes of at least 4 members (excludes halogenated alkanes) is 18. The number of amides is 2. The molecule has 228 valence electrons. The zero-order valence-corrected chi connectivity index (χ0v) is 26.3. The number of nitrogens with one attached hydrogen (secondary N) is 1. The van der Waals surface area contributed by atoms with Crippen LogP contribution in [0.2, 0.25) is 0 Å². The zero-order chi connectivity index (χ0) is 28.7. The van der Waals surface area contributed by atoms with Gasteiger partial charge in [-0.2, -0.15) is 0 Å². The number of anilines is 1. The Bertz CT molecular complexity index is 787. The van der Waals surface area contributed by atoms with Crippen molar-refractivity contribution in [2.75, 3.05) is 12.4 Å². The molecule has 4 nitrogen and oxygen atoms in total. The SMILES string of the molecule is CCCCCCCCCCCCCCCCCCCCCC(=O)Nc1ccccc1C(=O)N(C)C1CCCCC1. The molecule has 1 aromatic rings. The molecule has 40 heavy (non-hydrogen) atoms. The van der Waals surface area contributed by atoms with Gasteiger partial charge in [0.1, 0.15) is 0 Å². The Labute approximate surface area is 247 Å². The molecule has 1 saturated carbocycles. The average Bonchev–Trinajstić information content (AvgIpc) is 2.98. The highest BCUT2D eigenvalue weighted by Crippen LogP contribution is 2.25. The Kier molecular flexibility index (Phi) is 19.6. The Hall–Kier alpha value is -1.84. The van der Waals surface area contributed by atoms with Gasteiger partial charge in [-0.25, -0.2) is 0 Å². The van der Waals surface area contributed by atoms with Crippen molar-refractivity contribution in [2.45, 2.75) is 173 Å². The summed E-state index contributed by atoms with van der Waals surface area (Å²) in [7, 11) is 1.91. The first-order valence-electron chi connectivity index (χ1n) is 17.3. The van der Waals surface area contributed by atoms with Crippen LogP contribution in [0.1, 0.15) is 178 Å². The molecule has 1 aliphatic carbocycles. The molecule has 0 bridgehead atoms. The molecule has 0 unspecified atom stereocenters. The summed E-state index contributed by atoms with van der Waals surface area (Å²) in [5.74, 6) is 0.0406. The van der Waals surface area contributed by atoms with E-state index in [-0.39, 0.29) is 11.8 Å². The molecule has 0 atom stereocenters. The van der Waals surface area contributed by atoms with E-state index in [1.54, 1.807) is 0 Å². The van der Waals surface area contributed by atoms with Gasteiger partial charge in [0.15, 0.2) is 0 Å². The van der Waals surface area contributed by atoms with E-state index >= 15 is 0 Å². The highest BCUT2D eigenvalue weighted by molar-refractivity contribution is 6.03. The molecule has 0 saturated heterocycles. The molecule has 0 aliphatic heterocycles. The van der Waals surface area contributed by atoms with Gasteiger partial charge in [0.2, 0.25) is 5.91 Å². The Morgan fingerprint density at radius 1 is 0.675 bits per heavy atom. The van der Waals surface area contributed by atoms with Crippen molar-refractivity contribution in [1.29, 1.82) is 0 Å². The van der Waals surface area contributed by atoms with Gasteiger partial charge in [-0.3, -0.25) is 9.59 Å². The van der Waals surface area contributed by atoms with Crippen molar-refractivity contribution in [3.05, 3.63) is 29.8 Å². The predicted octanol–water partition coefficient (Wildman–Crippen LogP) is 10.9. The maximum atomic E-state index is 13.2. The number of nitrogens with zero attached hydrogens (tertiary/aromatic N) is 1. The van der Waals surface area contributed by atoms with Crippen LogP contribution >= 0.6 is 0 Å². The van der Waals surface area contributed by atoms with Crippen molar-refractivity contribution in [2.24, 2.45) is 0 Å². The van der Waals surface area contributed by atoms with Crippen LogP contribution in [0.4, 0.5) is 5.69 Å². The largest absolute Gasteiger partial charge is 0.339 e. The number of carbonyl (C=O) groups excluding carboxylic acids is 2. The fourth-order valence-corrected chi connectivity index (χ4v) is 6.18. The standard InChI is InChI=1S/C36H62N2O2/c1-3-4-5-6-7-8-9-10-11-12-13-14-15-16-17-18-19-20-24-31-35(39)37-34-30-26-25-29-33(34)36(40)38(2)32-27-22-21-23-28-32/h25-26,29-30,32H,3-24,27-28,31H2,1-2H3,(H,37,39). The normalized spacial score (nSPS) is 13.8. The maximum Gasteiger partial charge on any atom is 0.255 e. The van der Waals surface area contributed by atoms with E-state index in [2.05, 4.69) is 12.2 Å². The third kappa shape index (κ3) is 15.2. The average molecular weight is 555 g/mol. The molecule has 0 spiro atoms. The summed E-state index contributed by atoms with van der Waals surface area (Å²) in [5, 5.41) is 3.02. The monoisotopic (exact) mass is 554 g/mol. The lowest BCUT2D eigenvalue weighted by Gasteiger charge is -2.31. The van der Waals surface area contributed by atoms with Crippen LogP contribution in [0.3, 0.4) is 0 Å². The smallest absolute Gasteiger partial charge is 0.255 e. The molecule has 0 radical (unpaired) electrons. The van der Waals surface area contributed by atoms with E-state index in [4.69, 9.17) is 0 Å². The summed E-state index contributed by atoms with van der Waals surface area (Å²) < 4.78 is 0.